The standard InChI is InChI=1S/C11H15NO5S2/c1-18(14,15)9-4-2-8(3-5-9)12-10-6-19(16,17)7-11(10)13/h2-5,10-13H,6-7H2,1H3. The molecule has 106 valence electrons. The van der Waals surface area contributed by atoms with Crippen LogP contribution < -0.4 is 5.32 Å². The van der Waals surface area contributed by atoms with Gasteiger partial charge in [0, 0.05) is 11.9 Å². The van der Waals surface area contributed by atoms with Crippen molar-refractivity contribution < 1.29 is 21.9 Å². The van der Waals surface area contributed by atoms with Gasteiger partial charge in [-0.25, -0.2) is 16.8 Å². The molecule has 1 aliphatic heterocycles. The average Bonchev–Trinajstić information content (AvgIpc) is 2.51. The van der Waals surface area contributed by atoms with Crippen molar-refractivity contribution in [1.82, 2.24) is 0 Å². The summed E-state index contributed by atoms with van der Waals surface area (Å²) in [5, 5.41) is 12.5. The zero-order chi connectivity index (χ0) is 14.3. The minimum atomic E-state index is -3.25. The molecular formula is C11H15NO5S2. The van der Waals surface area contributed by atoms with Crippen molar-refractivity contribution in [2.24, 2.45) is 0 Å². The van der Waals surface area contributed by atoms with Crippen molar-refractivity contribution >= 4 is 25.4 Å². The number of rotatable bonds is 3. The summed E-state index contributed by atoms with van der Waals surface area (Å²) in [7, 11) is -6.45. The van der Waals surface area contributed by atoms with Gasteiger partial charge in [-0.3, -0.25) is 0 Å². The molecule has 2 N–H and O–H groups in total. The number of benzene rings is 1. The van der Waals surface area contributed by atoms with Gasteiger partial charge < -0.3 is 10.4 Å². The Morgan fingerprint density at radius 3 is 2.21 bits per heavy atom. The van der Waals surface area contributed by atoms with Crippen LogP contribution in [0.15, 0.2) is 29.2 Å². The van der Waals surface area contributed by atoms with Gasteiger partial charge in [-0.05, 0) is 24.3 Å². The molecule has 0 aromatic heterocycles. The zero-order valence-corrected chi connectivity index (χ0v) is 11.9. The maximum atomic E-state index is 11.3. The first-order valence-corrected chi connectivity index (χ1v) is 9.34. The van der Waals surface area contributed by atoms with E-state index in [0.717, 1.165) is 6.26 Å². The van der Waals surface area contributed by atoms with E-state index in [2.05, 4.69) is 5.32 Å². The lowest BCUT2D eigenvalue weighted by Crippen LogP contribution is -2.31. The molecule has 0 aliphatic carbocycles. The number of aliphatic hydroxyl groups is 1. The highest BCUT2D eigenvalue weighted by Crippen LogP contribution is 2.19. The maximum absolute atomic E-state index is 11.3. The summed E-state index contributed by atoms with van der Waals surface area (Å²) in [5.41, 5.74) is 0.577. The van der Waals surface area contributed by atoms with Crippen LogP contribution in [0.3, 0.4) is 0 Å². The van der Waals surface area contributed by atoms with Gasteiger partial charge in [0.05, 0.1) is 28.5 Å². The number of anilines is 1. The fourth-order valence-electron chi connectivity index (χ4n) is 1.98. The second-order valence-electron chi connectivity index (χ2n) is 4.69. The third kappa shape index (κ3) is 3.46. The monoisotopic (exact) mass is 305 g/mol. The van der Waals surface area contributed by atoms with Crippen LogP contribution >= 0.6 is 0 Å². The van der Waals surface area contributed by atoms with Crippen molar-refractivity contribution in [2.45, 2.75) is 17.0 Å². The molecule has 2 atom stereocenters. The molecule has 2 unspecified atom stereocenters. The van der Waals surface area contributed by atoms with Crippen molar-refractivity contribution in [2.75, 3.05) is 23.1 Å². The summed E-state index contributed by atoms with van der Waals surface area (Å²) in [6, 6.07) is 5.41. The SMILES string of the molecule is CS(=O)(=O)c1ccc(NC2CS(=O)(=O)CC2O)cc1. The molecule has 0 saturated carbocycles. The molecule has 1 aromatic carbocycles. The van der Waals surface area contributed by atoms with Gasteiger partial charge in [-0.1, -0.05) is 0 Å². The van der Waals surface area contributed by atoms with E-state index in [1.165, 1.54) is 12.1 Å². The Morgan fingerprint density at radius 1 is 1.21 bits per heavy atom. The van der Waals surface area contributed by atoms with Crippen LogP contribution in [0.25, 0.3) is 0 Å². The highest BCUT2D eigenvalue weighted by atomic mass is 32.2. The molecule has 6 nitrogen and oxygen atoms in total. The second-order valence-corrected chi connectivity index (χ2v) is 8.86. The van der Waals surface area contributed by atoms with Crippen molar-refractivity contribution in [3.05, 3.63) is 24.3 Å². The van der Waals surface area contributed by atoms with Crippen LogP contribution in [0.1, 0.15) is 0 Å². The first-order valence-electron chi connectivity index (χ1n) is 5.62. The topological polar surface area (TPSA) is 101 Å². The Bertz CT molecular complexity index is 664. The summed E-state index contributed by atoms with van der Waals surface area (Å²) in [4.78, 5) is 0.192. The van der Waals surface area contributed by atoms with Gasteiger partial charge in [0.25, 0.3) is 0 Å². The summed E-state index contributed by atoms with van der Waals surface area (Å²) in [6.45, 7) is 0. The lowest BCUT2D eigenvalue weighted by atomic mass is 10.2. The second kappa shape index (κ2) is 4.77. The molecule has 8 heteroatoms. The molecule has 0 amide bonds. The van der Waals surface area contributed by atoms with Crippen LogP contribution in [-0.2, 0) is 19.7 Å². The van der Waals surface area contributed by atoms with Gasteiger partial charge in [0.1, 0.15) is 0 Å². The van der Waals surface area contributed by atoms with E-state index in [1.807, 2.05) is 0 Å². The molecular weight excluding hydrogens is 290 g/mol. The van der Waals surface area contributed by atoms with E-state index < -0.39 is 31.8 Å². The summed E-state index contributed by atoms with van der Waals surface area (Å²) in [5.74, 6) is -0.367. The molecule has 1 fully saturated rings. The third-order valence-electron chi connectivity index (χ3n) is 2.96. The normalized spacial score (nSPS) is 26.2. The zero-order valence-electron chi connectivity index (χ0n) is 10.3. The molecule has 0 bridgehead atoms. The minimum absolute atomic E-state index is 0.123. The van der Waals surface area contributed by atoms with Crippen molar-refractivity contribution in [3.63, 3.8) is 0 Å². The number of hydrogen-bond donors (Lipinski definition) is 2. The number of sulfone groups is 2. The molecule has 2 rings (SSSR count). The molecule has 0 spiro atoms. The lowest BCUT2D eigenvalue weighted by Gasteiger charge is -2.16. The Labute approximate surface area is 112 Å². The van der Waals surface area contributed by atoms with Crippen molar-refractivity contribution in [1.29, 1.82) is 0 Å². The molecule has 0 radical (unpaired) electrons. The van der Waals surface area contributed by atoms with Crippen LogP contribution in [-0.4, -0.2) is 51.8 Å². The molecule has 19 heavy (non-hydrogen) atoms. The van der Waals surface area contributed by atoms with E-state index in [1.54, 1.807) is 12.1 Å². The van der Waals surface area contributed by atoms with E-state index in [9.17, 15) is 21.9 Å². The molecule has 1 heterocycles. The van der Waals surface area contributed by atoms with Crippen LogP contribution in [0.5, 0.6) is 0 Å². The van der Waals surface area contributed by atoms with Crippen LogP contribution in [0, 0.1) is 0 Å². The Kier molecular flexibility index (Phi) is 3.59. The first kappa shape index (κ1) is 14.3. The Hall–Kier alpha value is -1.12. The quantitative estimate of drug-likeness (QED) is 0.792. The van der Waals surface area contributed by atoms with Gasteiger partial charge in [0.15, 0.2) is 19.7 Å². The molecule has 1 aromatic rings. The number of hydrogen-bond acceptors (Lipinski definition) is 6. The van der Waals surface area contributed by atoms with Crippen molar-refractivity contribution in [3.8, 4) is 0 Å². The Morgan fingerprint density at radius 2 is 1.79 bits per heavy atom. The van der Waals surface area contributed by atoms with Crippen LogP contribution in [0.4, 0.5) is 5.69 Å². The smallest absolute Gasteiger partial charge is 0.175 e. The van der Waals surface area contributed by atoms with Gasteiger partial charge in [0.2, 0.25) is 0 Å². The third-order valence-corrected chi connectivity index (χ3v) is 5.80. The van der Waals surface area contributed by atoms with E-state index >= 15 is 0 Å². The van der Waals surface area contributed by atoms with Gasteiger partial charge in [-0.2, -0.15) is 0 Å². The summed E-state index contributed by atoms with van der Waals surface area (Å²) >= 11 is 0. The van der Waals surface area contributed by atoms with E-state index in [0.29, 0.717) is 5.69 Å². The van der Waals surface area contributed by atoms with E-state index in [-0.39, 0.29) is 16.4 Å². The fraction of sp³-hybridized carbons (Fsp3) is 0.455. The highest BCUT2D eigenvalue weighted by molar-refractivity contribution is 7.91. The number of nitrogens with one attached hydrogen (secondary N) is 1. The maximum Gasteiger partial charge on any atom is 0.175 e. The predicted molar refractivity (Wildman–Crippen MR) is 71.6 cm³/mol. The van der Waals surface area contributed by atoms with E-state index in [4.69, 9.17) is 0 Å². The van der Waals surface area contributed by atoms with Crippen LogP contribution in [0.2, 0.25) is 0 Å². The fourth-order valence-corrected chi connectivity index (χ4v) is 4.35. The average molecular weight is 305 g/mol. The largest absolute Gasteiger partial charge is 0.390 e. The number of aliphatic hydroxyl groups excluding tert-OH is 1. The molecule has 1 aliphatic rings. The summed E-state index contributed by atoms with van der Waals surface area (Å²) < 4.78 is 45.3. The lowest BCUT2D eigenvalue weighted by molar-refractivity contribution is 0.190. The first-order chi connectivity index (χ1) is 8.67. The summed E-state index contributed by atoms with van der Waals surface area (Å²) in [6.07, 6.45) is 0.169. The van der Waals surface area contributed by atoms with Gasteiger partial charge in [-0.15, -0.1) is 0 Å². The minimum Gasteiger partial charge on any atom is -0.390 e. The Balaban J connectivity index is 2.13. The predicted octanol–water partition coefficient (Wildman–Crippen LogP) is -0.340. The molecule has 1 saturated heterocycles. The van der Waals surface area contributed by atoms with Gasteiger partial charge >= 0.3 is 0 Å². The highest BCUT2D eigenvalue weighted by Gasteiger charge is 2.36.